The van der Waals surface area contributed by atoms with Crippen LogP contribution in [0, 0.1) is 0 Å². The van der Waals surface area contributed by atoms with Crippen LogP contribution in [-0.2, 0) is 11.3 Å². The molecule has 0 saturated carbocycles. The summed E-state index contributed by atoms with van der Waals surface area (Å²) in [5.41, 5.74) is 1.01. The number of aromatic nitrogens is 4. The number of amides is 1. The second-order valence-corrected chi connectivity index (χ2v) is 4.30. The van der Waals surface area contributed by atoms with Crippen molar-refractivity contribution in [2.24, 2.45) is 0 Å². The van der Waals surface area contributed by atoms with Crippen LogP contribution in [0.4, 0.5) is 0 Å². The molecule has 1 aliphatic heterocycles. The van der Waals surface area contributed by atoms with E-state index in [0.717, 1.165) is 17.7 Å². The molecular formula is C12H13N5O2. The van der Waals surface area contributed by atoms with Crippen molar-refractivity contribution in [2.45, 2.75) is 19.0 Å². The zero-order chi connectivity index (χ0) is 13.1. The van der Waals surface area contributed by atoms with Gasteiger partial charge in [0.15, 0.2) is 0 Å². The number of carbonyl (C=O) groups excluding carboxylic acids is 1. The summed E-state index contributed by atoms with van der Waals surface area (Å²) in [4.78, 5) is 11.9. The second kappa shape index (κ2) is 5.05. The Morgan fingerprint density at radius 2 is 2.37 bits per heavy atom. The summed E-state index contributed by atoms with van der Waals surface area (Å²) in [5.74, 6) is 0.718. The maximum Gasteiger partial charge on any atom is 0.242 e. The Labute approximate surface area is 109 Å². The molecule has 7 heteroatoms. The minimum atomic E-state index is -0.117. The first-order valence-electron chi connectivity index (χ1n) is 6.05. The smallest absolute Gasteiger partial charge is 0.242 e. The quantitative estimate of drug-likeness (QED) is 0.858. The largest absolute Gasteiger partial charge is 0.493 e. The predicted molar refractivity (Wildman–Crippen MR) is 65.3 cm³/mol. The molecule has 1 aromatic heterocycles. The van der Waals surface area contributed by atoms with Crippen molar-refractivity contribution in [1.29, 1.82) is 0 Å². The average Bonchev–Trinajstić information content (AvgIpc) is 2.92. The number of ether oxygens (including phenoxy) is 1. The van der Waals surface area contributed by atoms with Gasteiger partial charge >= 0.3 is 0 Å². The molecule has 0 saturated heterocycles. The van der Waals surface area contributed by atoms with E-state index in [0.29, 0.717) is 6.61 Å². The highest BCUT2D eigenvalue weighted by atomic mass is 16.5. The standard InChI is InChI=1S/C12H13N5O2/c18-12(7-17-8-13-15-16-17)14-10-5-6-19-11-4-2-1-3-9(10)11/h1-4,8,10H,5-7H2,(H,14,18)/t10-/m1/s1. The van der Waals surface area contributed by atoms with Gasteiger partial charge in [0.1, 0.15) is 18.6 Å². The number of benzene rings is 1. The number of carbonyl (C=O) groups is 1. The molecule has 7 nitrogen and oxygen atoms in total. The number of para-hydroxylation sites is 1. The van der Waals surface area contributed by atoms with Gasteiger partial charge in [-0.25, -0.2) is 4.68 Å². The van der Waals surface area contributed by atoms with Crippen molar-refractivity contribution in [3.63, 3.8) is 0 Å². The topological polar surface area (TPSA) is 81.9 Å². The Morgan fingerprint density at radius 3 is 3.21 bits per heavy atom. The summed E-state index contributed by atoms with van der Waals surface area (Å²) in [7, 11) is 0. The summed E-state index contributed by atoms with van der Waals surface area (Å²) in [6.07, 6.45) is 2.18. The maximum absolute atomic E-state index is 11.9. The van der Waals surface area contributed by atoms with E-state index in [2.05, 4.69) is 20.8 Å². The third-order valence-corrected chi connectivity index (χ3v) is 2.99. The van der Waals surface area contributed by atoms with E-state index >= 15 is 0 Å². The van der Waals surface area contributed by atoms with Crippen LogP contribution in [0.1, 0.15) is 18.0 Å². The van der Waals surface area contributed by atoms with Crippen LogP contribution in [0.3, 0.4) is 0 Å². The third kappa shape index (κ3) is 2.54. The first-order chi connectivity index (χ1) is 9.33. The number of tetrazole rings is 1. The lowest BCUT2D eigenvalue weighted by Crippen LogP contribution is -2.34. The van der Waals surface area contributed by atoms with Crippen molar-refractivity contribution in [3.05, 3.63) is 36.2 Å². The molecule has 98 valence electrons. The Kier molecular flexibility index (Phi) is 3.09. The van der Waals surface area contributed by atoms with Crippen molar-refractivity contribution in [2.75, 3.05) is 6.61 Å². The number of hydrogen-bond donors (Lipinski definition) is 1. The van der Waals surface area contributed by atoms with Crippen LogP contribution in [0.5, 0.6) is 5.75 Å². The zero-order valence-electron chi connectivity index (χ0n) is 10.2. The summed E-state index contributed by atoms with van der Waals surface area (Å²) < 4.78 is 6.94. The molecule has 1 atom stereocenters. The van der Waals surface area contributed by atoms with Gasteiger partial charge in [0.25, 0.3) is 0 Å². The lowest BCUT2D eigenvalue weighted by atomic mass is 10.0. The van der Waals surface area contributed by atoms with Crippen molar-refractivity contribution >= 4 is 5.91 Å². The average molecular weight is 259 g/mol. The Hall–Kier alpha value is -2.44. The van der Waals surface area contributed by atoms with E-state index < -0.39 is 0 Å². The van der Waals surface area contributed by atoms with E-state index in [4.69, 9.17) is 4.74 Å². The number of rotatable bonds is 3. The van der Waals surface area contributed by atoms with Gasteiger partial charge in [-0.3, -0.25) is 4.79 Å². The van der Waals surface area contributed by atoms with Gasteiger partial charge < -0.3 is 10.1 Å². The molecule has 0 bridgehead atoms. The molecule has 1 aromatic carbocycles. The molecule has 0 unspecified atom stereocenters. The van der Waals surface area contributed by atoms with Crippen molar-refractivity contribution in [3.8, 4) is 5.75 Å². The molecule has 2 heterocycles. The molecule has 0 spiro atoms. The molecular weight excluding hydrogens is 246 g/mol. The lowest BCUT2D eigenvalue weighted by molar-refractivity contribution is -0.122. The fourth-order valence-electron chi connectivity index (χ4n) is 2.13. The van der Waals surface area contributed by atoms with Crippen LogP contribution in [-0.4, -0.2) is 32.7 Å². The third-order valence-electron chi connectivity index (χ3n) is 2.99. The van der Waals surface area contributed by atoms with E-state index in [-0.39, 0.29) is 18.5 Å². The normalized spacial score (nSPS) is 17.4. The highest BCUT2D eigenvalue weighted by molar-refractivity contribution is 5.76. The molecule has 0 fully saturated rings. The number of nitrogens with one attached hydrogen (secondary N) is 1. The van der Waals surface area contributed by atoms with Gasteiger partial charge in [0.05, 0.1) is 12.6 Å². The SMILES string of the molecule is O=C(Cn1cnnn1)N[C@@H]1CCOc2ccccc21. The highest BCUT2D eigenvalue weighted by Gasteiger charge is 2.22. The fourth-order valence-corrected chi connectivity index (χ4v) is 2.13. The monoisotopic (exact) mass is 259 g/mol. The van der Waals surface area contributed by atoms with E-state index in [1.807, 2.05) is 24.3 Å². The lowest BCUT2D eigenvalue weighted by Gasteiger charge is -2.26. The Balaban J connectivity index is 1.69. The van der Waals surface area contributed by atoms with E-state index in [9.17, 15) is 4.79 Å². The molecule has 1 N–H and O–H groups in total. The molecule has 1 amide bonds. The van der Waals surface area contributed by atoms with E-state index in [1.165, 1.54) is 11.0 Å². The molecule has 3 rings (SSSR count). The number of nitrogens with zero attached hydrogens (tertiary/aromatic N) is 4. The highest BCUT2D eigenvalue weighted by Crippen LogP contribution is 2.31. The summed E-state index contributed by atoms with van der Waals surface area (Å²) in [6, 6.07) is 7.72. The van der Waals surface area contributed by atoms with Crippen LogP contribution in [0.25, 0.3) is 0 Å². The summed E-state index contributed by atoms with van der Waals surface area (Å²) >= 11 is 0. The molecule has 0 radical (unpaired) electrons. The minimum Gasteiger partial charge on any atom is -0.493 e. The number of hydrogen-bond acceptors (Lipinski definition) is 5. The van der Waals surface area contributed by atoms with Gasteiger partial charge in [-0.1, -0.05) is 18.2 Å². The van der Waals surface area contributed by atoms with Crippen molar-refractivity contribution in [1.82, 2.24) is 25.5 Å². The van der Waals surface area contributed by atoms with Gasteiger partial charge in [0, 0.05) is 12.0 Å². The van der Waals surface area contributed by atoms with Crippen LogP contribution < -0.4 is 10.1 Å². The van der Waals surface area contributed by atoms with E-state index in [1.54, 1.807) is 0 Å². The zero-order valence-corrected chi connectivity index (χ0v) is 10.2. The van der Waals surface area contributed by atoms with Gasteiger partial charge in [-0.2, -0.15) is 0 Å². The van der Waals surface area contributed by atoms with Gasteiger partial charge in [-0.15, -0.1) is 5.10 Å². The van der Waals surface area contributed by atoms with Crippen LogP contribution in [0.15, 0.2) is 30.6 Å². The van der Waals surface area contributed by atoms with Crippen LogP contribution >= 0.6 is 0 Å². The Morgan fingerprint density at radius 1 is 1.47 bits per heavy atom. The predicted octanol–water partition coefficient (Wildman–Crippen LogP) is 0.313. The Bertz CT molecular complexity index is 569. The molecule has 1 aliphatic rings. The first-order valence-corrected chi connectivity index (χ1v) is 6.05. The fraction of sp³-hybridized carbons (Fsp3) is 0.333. The first kappa shape index (κ1) is 11.6. The van der Waals surface area contributed by atoms with Crippen molar-refractivity contribution < 1.29 is 9.53 Å². The molecule has 19 heavy (non-hydrogen) atoms. The molecule has 2 aromatic rings. The number of fused-ring (bicyclic) bond motifs is 1. The maximum atomic E-state index is 11.9. The van der Waals surface area contributed by atoms with Crippen LogP contribution in [0.2, 0.25) is 0 Å². The van der Waals surface area contributed by atoms with Gasteiger partial charge in [0.2, 0.25) is 5.91 Å². The second-order valence-electron chi connectivity index (χ2n) is 4.30. The summed E-state index contributed by atoms with van der Waals surface area (Å²) in [6.45, 7) is 0.722. The minimum absolute atomic E-state index is 0.0195. The molecule has 0 aliphatic carbocycles. The summed E-state index contributed by atoms with van der Waals surface area (Å²) in [5, 5.41) is 13.6. The van der Waals surface area contributed by atoms with Gasteiger partial charge in [-0.05, 0) is 16.5 Å².